The molecule has 1 fully saturated rings. The highest BCUT2D eigenvalue weighted by Gasteiger charge is 2.28. The molecule has 14 heavy (non-hydrogen) atoms. The van der Waals surface area contributed by atoms with Crippen LogP contribution in [-0.4, -0.2) is 14.7 Å². The van der Waals surface area contributed by atoms with Crippen molar-refractivity contribution >= 4 is 0 Å². The summed E-state index contributed by atoms with van der Waals surface area (Å²) in [4.78, 5) is 4.35. The summed E-state index contributed by atoms with van der Waals surface area (Å²) >= 11 is 0. The van der Waals surface area contributed by atoms with Gasteiger partial charge in [-0.25, -0.2) is 0 Å². The molecule has 0 aliphatic heterocycles. The zero-order valence-electron chi connectivity index (χ0n) is 7.76. The van der Waals surface area contributed by atoms with Gasteiger partial charge in [-0.05, 0) is 25.0 Å². The highest BCUT2D eigenvalue weighted by atomic mass is 16.5. The van der Waals surface area contributed by atoms with Gasteiger partial charge in [0.1, 0.15) is 6.54 Å². The van der Waals surface area contributed by atoms with Crippen molar-refractivity contribution in [1.29, 1.82) is 0 Å². The zero-order chi connectivity index (χ0) is 9.38. The Morgan fingerprint density at radius 1 is 1.36 bits per heavy atom. The molecule has 2 aromatic rings. The topological polar surface area (TPSA) is 43.9 Å². The first-order chi connectivity index (χ1) is 6.92. The highest BCUT2D eigenvalue weighted by molar-refractivity contribution is 5.04. The van der Waals surface area contributed by atoms with Crippen LogP contribution in [0.15, 0.2) is 29.0 Å². The van der Waals surface area contributed by atoms with E-state index in [1.54, 1.807) is 0 Å². The van der Waals surface area contributed by atoms with E-state index in [1.807, 2.05) is 29.1 Å². The van der Waals surface area contributed by atoms with Crippen LogP contribution in [0.25, 0.3) is 0 Å². The molecule has 0 amide bonds. The molecule has 4 nitrogen and oxygen atoms in total. The van der Waals surface area contributed by atoms with Crippen LogP contribution in [0.2, 0.25) is 0 Å². The minimum Gasteiger partial charge on any atom is -0.345 e. The fourth-order valence-electron chi connectivity index (χ4n) is 1.47. The lowest BCUT2D eigenvalue weighted by molar-refractivity contribution is 0.366. The Kier molecular flexibility index (Phi) is 1.65. The zero-order valence-corrected chi connectivity index (χ0v) is 7.76. The first-order valence-corrected chi connectivity index (χ1v) is 4.85. The van der Waals surface area contributed by atoms with Crippen LogP contribution in [0.5, 0.6) is 0 Å². The Balaban J connectivity index is 1.76. The lowest BCUT2D eigenvalue weighted by Gasteiger charge is -1.94. The van der Waals surface area contributed by atoms with E-state index in [4.69, 9.17) is 4.52 Å². The molecule has 0 unspecified atom stereocenters. The molecule has 2 heterocycles. The van der Waals surface area contributed by atoms with E-state index < -0.39 is 0 Å². The molecule has 0 N–H and O–H groups in total. The van der Waals surface area contributed by atoms with E-state index in [0.29, 0.717) is 18.4 Å². The smallest absolute Gasteiger partial charge is 0.246 e. The molecule has 0 bridgehead atoms. The van der Waals surface area contributed by atoms with Crippen LogP contribution in [-0.2, 0) is 6.54 Å². The Morgan fingerprint density at radius 2 is 2.14 bits per heavy atom. The molecule has 1 saturated carbocycles. The van der Waals surface area contributed by atoms with Gasteiger partial charge < -0.3 is 9.09 Å². The van der Waals surface area contributed by atoms with Gasteiger partial charge in [0.2, 0.25) is 5.89 Å². The fraction of sp³-hybridized carbons (Fsp3) is 0.400. The number of aromatic nitrogens is 3. The molecule has 0 atom stereocenters. The average molecular weight is 189 g/mol. The molecule has 3 rings (SSSR count). The first kappa shape index (κ1) is 7.79. The van der Waals surface area contributed by atoms with Crippen molar-refractivity contribution in [2.45, 2.75) is 25.3 Å². The van der Waals surface area contributed by atoms with Crippen molar-refractivity contribution in [2.24, 2.45) is 0 Å². The number of hydrogen-bond acceptors (Lipinski definition) is 3. The summed E-state index contributed by atoms with van der Waals surface area (Å²) in [7, 11) is 0. The minimum atomic E-state index is 0.567. The molecule has 0 aromatic carbocycles. The quantitative estimate of drug-likeness (QED) is 0.739. The normalized spacial score (nSPS) is 16.0. The van der Waals surface area contributed by atoms with Crippen molar-refractivity contribution in [2.75, 3.05) is 0 Å². The summed E-state index contributed by atoms with van der Waals surface area (Å²) in [6, 6.07) is 3.97. The molecule has 0 saturated heterocycles. The molecule has 2 aromatic heterocycles. The summed E-state index contributed by atoms with van der Waals surface area (Å²) in [5.41, 5.74) is 0. The third-order valence-electron chi connectivity index (χ3n) is 2.41. The van der Waals surface area contributed by atoms with Gasteiger partial charge in [-0.2, -0.15) is 4.98 Å². The largest absolute Gasteiger partial charge is 0.345 e. The van der Waals surface area contributed by atoms with Crippen molar-refractivity contribution in [3.63, 3.8) is 0 Å². The second-order valence-electron chi connectivity index (χ2n) is 3.68. The minimum absolute atomic E-state index is 0.567. The van der Waals surface area contributed by atoms with Crippen LogP contribution >= 0.6 is 0 Å². The lowest BCUT2D eigenvalue weighted by atomic mass is 10.4. The van der Waals surface area contributed by atoms with E-state index in [-0.39, 0.29) is 0 Å². The van der Waals surface area contributed by atoms with Gasteiger partial charge in [0, 0.05) is 18.3 Å². The van der Waals surface area contributed by atoms with Crippen LogP contribution in [0.3, 0.4) is 0 Å². The summed E-state index contributed by atoms with van der Waals surface area (Å²) in [6.07, 6.45) is 6.40. The average Bonchev–Trinajstić information content (AvgIpc) is 2.75. The standard InChI is InChI=1S/C10H11N3O/c1-2-6-13(5-1)7-9-11-10(12-14-9)8-3-4-8/h1-2,5-6,8H,3-4,7H2. The summed E-state index contributed by atoms with van der Waals surface area (Å²) in [5.74, 6) is 2.15. The molecule has 0 radical (unpaired) electrons. The number of nitrogens with zero attached hydrogens (tertiary/aromatic N) is 3. The molecule has 72 valence electrons. The Bertz CT molecular complexity index is 414. The van der Waals surface area contributed by atoms with Crippen molar-refractivity contribution < 1.29 is 4.52 Å². The van der Waals surface area contributed by atoms with Crippen molar-refractivity contribution in [3.8, 4) is 0 Å². The Morgan fingerprint density at radius 3 is 2.86 bits per heavy atom. The van der Waals surface area contributed by atoms with E-state index in [0.717, 1.165) is 5.82 Å². The predicted octanol–water partition coefficient (Wildman–Crippen LogP) is 1.80. The van der Waals surface area contributed by atoms with Gasteiger partial charge in [-0.1, -0.05) is 5.16 Å². The Labute approximate surface area is 81.5 Å². The van der Waals surface area contributed by atoms with Gasteiger partial charge in [0.05, 0.1) is 0 Å². The molecule has 4 heteroatoms. The van der Waals surface area contributed by atoms with Gasteiger partial charge in [-0.3, -0.25) is 0 Å². The van der Waals surface area contributed by atoms with Crippen molar-refractivity contribution in [1.82, 2.24) is 14.7 Å². The summed E-state index contributed by atoms with van der Waals surface area (Å²) in [6.45, 7) is 0.673. The maximum atomic E-state index is 5.16. The molecule has 1 aliphatic rings. The monoisotopic (exact) mass is 189 g/mol. The van der Waals surface area contributed by atoms with E-state index in [1.165, 1.54) is 12.8 Å². The number of hydrogen-bond donors (Lipinski definition) is 0. The maximum Gasteiger partial charge on any atom is 0.246 e. The molecule has 1 aliphatic carbocycles. The fourth-order valence-corrected chi connectivity index (χ4v) is 1.47. The highest BCUT2D eigenvalue weighted by Crippen LogP contribution is 2.38. The van der Waals surface area contributed by atoms with Gasteiger partial charge in [-0.15, -0.1) is 0 Å². The maximum absolute atomic E-state index is 5.16. The SMILES string of the molecule is c1ccn(Cc2nc(C3CC3)no2)c1. The second kappa shape index (κ2) is 2.97. The third-order valence-corrected chi connectivity index (χ3v) is 2.41. The van der Waals surface area contributed by atoms with Gasteiger partial charge >= 0.3 is 0 Å². The van der Waals surface area contributed by atoms with Crippen LogP contribution < -0.4 is 0 Å². The second-order valence-corrected chi connectivity index (χ2v) is 3.68. The van der Waals surface area contributed by atoms with Gasteiger partial charge in [0.25, 0.3) is 0 Å². The first-order valence-electron chi connectivity index (χ1n) is 4.85. The predicted molar refractivity (Wildman–Crippen MR) is 49.8 cm³/mol. The molecular weight excluding hydrogens is 178 g/mol. The Hall–Kier alpha value is -1.58. The molecule has 0 spiro atoms. The van der Waals surface area contributed by atoms with Crippen LogP contribution in [0, 0.1) is 0 Å². The number of rotatable bonds is 3. The van der Waals surface area contributed by atoms with E-state index >= 15 is 0 Å². The van der Waals surface area contributed by atoms with Crippen molar-refractivity contribution in [3.05, 3.63) is 36.2 Å². The lowest BCUT2D eigenvalue weighted by Crippen LogP contribution is -1.96. The van der Waals surface area contributed by atoms with E-state index in [2.05, 4.69) is 10.1 Å². The third kappa shape index (κ3) is 1.43. The molecular formula is C10H11N3O. The van der Waals surface area contributed by atoms with Crippen LogP contribution in [0.4, 0.5) is 0 Å². The summed E-state index contributed by atoms with van der Waals surface area (Å²) in [5, 5.41) is 3.96. The van der Waals surface area contributed by atoms with E-state index in [9.17, 15) is 0 Å². The van der Waals surface area contributed by atoms with Gasteiger partial charge in [0.15, 0.2) is 5.82 Å². The summed E-state index contributed by atoms with van der Waals surface area (Å²) < 4.78 is 7.18. The van der Waals surface area contributed by atoms with Crippen LogP contribution in [0.1, 0.15) is 30.5 Å².